The molecule has 1 N–H and O–H groups in total. The first-order valence-corrected chi connectivity index (χ1v) is 15.2. The number of carbonyl (C=O) groups excluding carboxylic acids is 2. The van der Waals surface area contributed by atoms with Crippen LogP contribution in [-0.4, -0.2) is 54.0 Å². The second-order valence-electron chi connectivity index (χ2n) is 11.2. The average Bonchev–Trinajstić information content (AvgIpc) is 3.01. The summed E-state index contributed by atoms with van der Waals surface area (Å²) < 4.78 is 11.5. The van der Waals surface area contributed by atoms with Crippen molar-refractivity contribution in [3.63, 3.8) is 0 Å². The fourth-order valence-corrected chi connectivity index (χ4v) is 5.84. The Morgan fingerprint density at radius 3 is 2.45 bits per heavy atom. The van der Waals surface area contributed by atoms with E-state index in [0.29, 0.717) is 42.7 Å². The Balaban J connectivity index is 1.32. The fourth-order valence-electron chi connectivity index (χ4n) is 5.84. The van der Waals surface area contributed by atoms with Gasteiger partial charge in [0.15, 0.2) is 0 Å². The van der Waals surface area contributed by atoms with Gasteiger partial charge in [-0.25, -0.2) is 0 Å². The van der Waals surface area contributed by atoms with Crippen molar-refractivity contribution in [2.45, 2.75) is 71.0 Å². The minimum Gasteiger partial charge on any atom is -0.456 e. The molecule has 8 heteroatoms. The summed E-state index contributed by atoms with van der Waals surface area (Å²) in [6, 6.07) is 17.6. The Kier molecular flexibility index (Phi) is 10.6. The van der Waals surface area contributed by atoms with Crippen LogP contribution in [0.2, 0.25) is 0 Å². The highest BCUT2D eigenvalue weighted by molar-refractivity contribution is 5.97. The molecule has 1 fully saturated rings. The standard InChI is InChI=1S/C34H42N4O4/c1-26(39)38-19-6-4-2-3-5-18-37(30-15-20-41-21-16-30)25-29-22-28(11-14-33(29)38)34(40)36-23-27-9-12-31(13-10-27)42-32-8-7-17-35-24-32/h7-14,17,22,24,30H,2-6,15-16,18-21,23,25H2,1H3,(H,36,40). The Bertz CT molecular complexity index is 1310. The lowest BCUT2D eigenvalue weighted by atomic mass is 10.0. The second-order valence-corrected chi connectivity index (χ2v) is 11.2. The predicted molar refractivity (Wildman–Crippen MR) is 164 cm³/mol. The number of carbonyl (C=O) groups is 2. The molecule has 0 radical (unpaired) electrons. The second kappa shape index (κ2) is 14.9. The van der Waals surface area contributed by atoms with Crippen molar-refractivity contribution in [1.29, 1.82) is 0 Å². The zero-order chi connectivity index (χ0) is 29.1. The molecule has 1 aromatic heterocycles. The molecular formula is C34H42N4O4. The van der Waals surface area contributed by atoms with Gasteiger partial charge < -0.3 is 19.7 Å². The van der Waals surface area contributed by atoms with Gasteiger partial charge in [0.2, 0.25) is 5.91 Å². The number of nitrogens with zero attached hydrogens (tertiary/aromatic N) is 3. The van der Waals surface area contributed by atoms with Gasteiger partial charge in [0.05, 0.1) is 6.20 Å². The molecule has 222 valence electrons. The van der Waals surface area contributed by atoms with Gasteiger partial charge in [-0.1, -0.05) is 31.4 Å². The molecule has 5 rings (SSSR count). The van der Waals surface area contributed by atoms with Crippen LogP contribution in [0, 0.1) is 0 Å². The van der Waals surface area contributed by atoms with Gasteiger partial charge in [0, 0.05) is 63.3 Å². The number of aromatic nitrogens is 1. The lowest BCUT2D eigenvalue weighted by molar-refractivity contribution is -0.116. The van der Waals surface area contributed by atoms with Gasteiger partial charge in [-0.3, -0.25) is 19.5 Å². The van der Waals surface area contributed by atoms with Gasteiger partial charge in [-0.15, -0.1) is 0 Å². The highest BCUT2D eigenvalue weighted by atomic mass is 16.5. The van der Waals surface area contributed by atoms with Crippen molar-refractivity contribution in [2.75, 3.05) is 31.2 Å². The molecule has 0 atom stereocenters. The topological polar surface area (TPSA) is 84.0 Å². The number of anilines is 1. The van der Waals surface area contributed by atoms with Crippen molar-refractivity contribution < 1.29 is 19.1 Å². The quantitative estimate of drug-likeness (QED) is 0.386. The Hall–Kier alpha value is -3.75. The Morgan fingerprint density at radius 2 is 1.71 bits per heavy atom. The van der Waals surface area contributed by atoms with Crippen molar-refractivity contribution in [3.8, 4) is 11.5 Å². The van der Waals surface area contributed by atoms with Crippen LogP contribution < -0.4 is 15.0 Å². The van der Waals surface area contributed by atoms with Crippen LogP contribution in [0.1, 0.15) is 73.4 Å². The van der Waals surface area contributed by atoms with E-state index in [0.717, 1.165) is 68.7 Å². The SMILES string of the molecule is CC(=O)N1CCCCCCCN(C2CCOCC2)Cc2cc(C(=O)NCc3ccc(Oc4cccnc4)cc3)ccc21. The van der Waals surface area contributed by atoms with Crippen LogP contribution in [0.4, 0.5) is 5.69 Å². The minimum absolute atomic E-state index is 0.0408. The first-order valence-electron chi connectivity index (χ1n) is 15.2. The van der Waals surface area contributed by atoms with E-state index >= 15 is 0 Å². The van der Waals surface area contributed by atoms with Gasteiger partial charge >= 0.3 is 0 Å². The number of hydrogen-bond donors (Lipinski definition) is 1. The normalized spacial score (nSPS) is 17.4. The van der Waals surface area contributed by atoms with Crippen LogP contribution >= 0.6 is 0 Å². The Morgan fingerprint density at radius 1 is 0.952 bits per heavy atom. The van der Waals surface area contributed by atoms with Gasteiger partial charge in [-0.2, -0.15) is 0 Å². The van der Waals surface area contributed by atoms with Crippen molar-refractivity contribution >= 4 is 17.5 Å². The first kappa shape index (κ1) is 29.7. The molecule has 3 aromatic rings. The minimum atomic E-state index is -0.133. The molecule has 0 bridgehead atoms. The third-order valence-corrected chi connectivity index (χ3v) is 8.17. The highest BCUT2D eigenvalue weighted by Crippen LogP contribution is 2.28. The molecule has 0 saturated carbocycles. The number of hydrogen-bond acceptors (Lipinski definition) is 6. The maximum absolute atomic E-state index is 13.3. The maximum Gasteiger partial charge on any atom is 0.251 e. The zero-order valence-electron chi connectivity index (χ0n) is 24.6. The molecule has 0 aliphatic carbocycles. The number of nitrogens with one attached hydrogen (secondary N) is 1. The summed E-state index contributed by atoms with van der Waals surface area (Å²) in [6.45, 7) is 6.03. The smallest absolute Gasteiger partial charge is 0.251 e. The van der Waals surface area contributed by atoms with E-state index in [-0.39, 0.29) is 11.8 Å². The van der Waals surface area contributed by atoms with E-state index in [9.17, 15) is 9.59 Å². The Labute approximate surface area is 249 Å². The molecule has 1 saturated heterocycles. The van der Waals surface area contributed by atoms with E-state index in [4.69, 9.17) is 9.47 Å². The molecule has 0 unspecified atom stereocenters. The lowest BCUT2D eigenvalue weighted by Crippen LogP contribution is -2.40. The predicted octanol–water partition coefficient (Wildman–Crippen LogP) is 6.10. The van der Waals surface area contributed by atoms with E-state index in [1.54, 1.807) is 19.3 Å². The van der Waals surface area contributed by atoms with Crippen molar-refractivity contribution in [2.24, 2.45) is 0 Å². The monoisotopic (exact) mass is 570 g/mol. The summed E-state index contributed by atoms with van der Waals surface area (Å²) >= 11 is 0. The average molecular weight is 571 g/mol. The summed E-state index contributed by atoms with van der Waals surface area (Å²) in [4.78, 5) is 34.6. The van der Waals surface area contributed by atoms with E-state index < -0.39 is 0 Å². The van der Waals surface area contributed by atoms with E-state index in [2.05, 4.69) is 15.2 Å². The number of fused-ring (bicyclic) bond motifs is 1. The number of pyridine rings is 1. The van der Waals surface area contributed by atoms with E-state index in [1.165, 1.54) is 12.8 Å². The third-order valence-electron chi connectivity index (χ3n) is 8.17. The van der Waals surface area contributed by atoms with Crippen LogP contribution in [0.5, 0.6) is 11.5 Å². The van der Waals surface area contributed by atoms with E-state index in [1.807, 2.05) is 59.5 Å². The molecule has 2 aliphatic heterocycles. The van der Waals surface area contributed by atoms with Crippen LogP contribution in [0.25, 0.3) is 0 Å². The largest absolute Gasteiger partial charge is 0.456 e. The molecule has 0 spiro atoms. The molecule has 2 aromatic carbocycles. The summed E-state index contributed by atoms with van der Waals surface area (Å²) in [5.41, 5.74) is 3.53. The molecule has 2 amide bonds. The summed E-state index contributed by atoms with van der Waals surface area (Å²) in [5.74, 6) is 1.29. The van der Waals surface area contributed by atoms with Crippen LogP contribution in [0.3, 0.4) is 0 Å². The lowest BCUT2D eigenvalue weighted by Gasteiger charge is -2.36. The number of benzene rings is 2. The summed E-state index contributed by atoms with van der Waals surface area (Å²) in [5, 5.41) is 3.07. The third kappa shape index (κ3) is 8.17. The van der Waals surface area contributed by atoms with Crippen molar-refractivity contribution in [1.82, 2.24) is 15.2 Å². The highest BCUT2D eigenvalue weighted by Gasteiger charge is 2.25. The molecular weight excluding hydrogens is 528 g/mol. The van der Waals surface area contributed by atoms with Gasteiger partial charge in [-0.05, 0) is 85.8 Å². The van der Waals surface area contributed by atoms with Crippen LogP contribution in [-0.2, 0) is 22.6 Å². The molecule has 42 heavy (non-hydrogen) atoms. The molecule has 3 heterocycles. The van der Waals surface area contributed by atoms with Crippen LogP contribution in [0.15, 0.2) is 67.0 Å². The summed E-state index contributed by atoms with van der Waals surface area (Å²) in [7, 11) is 0. The zero-order valence-corrected chi connectivity index (χ0v) is 24.6. The number of amides is 2. The summed E-state index contributed by atoms with van der Waals surface area (Å²) in [6.07, 6.45) is 11.1. The fraction of sp³-hybridized carbons (Fsp3) is 0.441. The van der Waals surface area contributed by atoms with Gasteiger partial charge in [0.25, 0.3) is 5.91 Å². The molecule has 8 nitrogen and oxygen atoms in total. The molecule has 2 aliphatic rings. The number of rotatable bonds is 6. The number of ether oxygens (including phenoxy) is 2. The first-order chi connectivity index (χ1) is 20.6. The maximum atomic E-state index is 13.3. The van der Waals surface area contributed by atoms with Crippen molar-refractivity contribution in [3.05, 3.63) is 83.7 Å². The van der Waals surface area contributed by atoms with Gasteiger partial charge in [0.1, 0.15) is 11.5 Å².